The molecule has 1 N–H and O–H groups in total. The lowest BCUT2D eigenvalue weighted by atomic mass is 9.35. The molecule has 3 spiro atoms. The minimum Gasteiger partial charge on any atom is -0.387 e. The van der Waals surface area contributed by atoms with Crippen LogP contribution in [0.25, 0.3) is 11.3 Å². The molecule has 3 saturated carbocycles. The van der Waals surface area contributed by atoms with E-state index < -0.39 is 34.6 Å². The number of Topliss-reactive ketones (excluding diaryl/α,β-unsaturated/α-hetero) is 1. The van der Waals surface area contributed by atoms with Crippen LogP contribution in [0.15, 0.2) is 60.8 Å². The summed E-state index contributed by atoms with van der Waals surface area (Å²) < 4.78 is 22.1. The van der Waals surface area contributed by atoms with Gasteiger partial charge >= 0.3 is 0 Å². The standard InChI is InChI=1S/C32H37N3O5/c1-6-29(5)15-14-23(35-16-21(33-34-35)19-10-8-7-9-11-19)30-17-38-32(26(37)24(29)30)31-22(30)13-12-20(18(2)25(31)36)27(31)39-28(3,4)40-32/h7-11,14-16,20,22-24,26-27,37H,2,6,12-13,17H2,1,3-5H3/t20-,22-,23-,24+,26-,27+,29+,30+,31-,32?/m0/s1. The van der Waals surface area contributed by atoms with Gasteiger partial charge in [0.15, 0.2) is 11.6 Å². The molecule has 6 fully saturated rings. The Hall–Kier alpha value is -2.65. The second-order valence-electron chi connectivity index (χ2n) is 13.6. The topological polar surface area (TPSA) is 95.7 Å². The fourth-order valence-corrected chi connectivity index (χ4v) is 10.1. The van der Waals surface area contributed by atoms with Crippen LogP contribution in [-0.4, -0.2) is 56.3 Å². The van der Waals surface area contributed by atoms with Crippen LogP contribution in [0.5, 0.6) is 0 Å². The molecule has 0 radical (unpaired) electrons. The number of carbonyl (C=O) groups is 1. The summed E-state index contributed by atoms with van der Waals surface area (Å²) >= 11 is 0. The minimum atomic E-state index is -1.50. The molecule has 4 heterocycles. The Morgan fingerprint density at radius 1 is 1.18 bits per heavy atom. The zero-order valence-corrected chi connectivity index (χ0v) is 23.5. The highest BCUT2D eigenvalue weighted by atomic mass is 16.8. The molecular weight excluding hydrogens is 506 g/mol. The molecule has 0 amide bonds. The molecule has 2 aromatic rings. The van der Waals surface area contributed by atoms with Crippen molar-refractivity contribution in [3.63, 3.8) is 0 Å². The van der Waals surface area contributed by atoms with Crippen molar-refractivity contribution in [3.8, 4) is 11.3 Å². The Labute approximate surface area is 234 Å². The summed E-state index contributed by atoms with van der Waals surface area (Å²) in [5, 5.41) is 21.8. The normalized spacial score (nSPS) is 47.7. The molecule has 4 aliphatic carbocycles. The Bertz CT molecular complexity index is 1470. The Kier molecular flexibility index (Phi) is 4.76. The van der Waals surface area contributed by atoms with Crippen LogP contribution >= 0.6 is 0 Å². The SMILES string of the molecule is C=C1C(=O)[C@@]23[C@@H]4OC(C)(C)OC25OC[C@]2([C@@H](n6cc(-c7ccccc7)nn6)C=C[C@@](C)(CC)[C@H]2[C@@H]5O)[C@@H]3CC[C@@H]14. The lowest BCUT2D eigenvalue weighted by molar-refractivity contribution is -0.530. The average Bonchev–Trinajstić information content (AvgIpc) is 3.46. The number of rotatable bonds is 3. The Morgan fingerprint density at radius 3 is 2.70 bits per heavy atom. The van der Waals surface area contributed by atoms with Crippen LogP contribution in [0.1, 0.15) is 53.0 Å². The fraction of sp³-hybridized carbons (Fsp3) is 0.594. The fourth-order valence-electron chi connectivity index (χ4n) is 10.1. The van der Waals surface area contributed by atoms with Crippen molar-refractivity contribution < 1.29 is 24.1 Å². The van der Waals surface area contributed by atoms with Gasteiger partial charge in [0.2, 0.25) is 5.79 Å². The highest BCUT2D eigenvalue weighted by Gasteiger charge is 2.90. The van der Waals surface area contributed by atoms with E-state index in [2.05, 4.69) is 42.9 Å². The van der Waals surface area contributed by atoms with E-state index in [1.165, 1.54) is 0 Å². The van der Waals surface area contributed by atoms with Gasteiger partial charge in [0.25, 0.3) is 0 Å². The minimum absolute atomic E-state index is 0.0628. The molecule has 210 valence electrons. The maximum atomic E-state index is 14.5. The molecule has 4 bridgehead atoms. The van der Waals surface area contributed by atoms with Gasteiger partial charge in [-0.1, -0.05) is 68.1 Å². The van der Waals surface area contributed by atoms with E-state index in [-0.39, 0.29) is 35.0 Å². The smallest absolute Gasteiger partial charge is 0.213 e. The van der Waals surface area contributed by atoms with Crippen LogP contribution in [0.2, 0.25) is 0 Å². The summed E-state index contributed by atoms with van der Waals surface area (Å²) in [5.41, 5.74) is 0.203. The van der Waals surface area contributed by atoms with Gasteiger partial charge in [0.1, 0.15) is 17.2 Å². The first-order valence-corrected chi connectivity index (χ1v) is 14.7. The van der Waals surface area contributed by atoms with Crippen LogP contribution in [-0.2, 0) is 19.0 Å². The summed E-state index contributed by atoms with van der Waals surface area (Å²) in [7, 11) is 0. The third-order valence-corrected chi connectivity index (χ3v) is 11.6. The van der Waals surface area contributed by atoms with Gasteiger partial charge in [-0.2, -0.15) is 0 Å². The number of carbonyl (C=O) groups excluding carboxylic acids is 1. The van der Waals surface area contributed by atoms with E-state index in [0.29, 0.717) is 12.2 Å². The number of hydrogen-bond donors (Lipinski definition) is 1. The summed E-state index contributed by atoms with van der Waals surface area (Å²) in [6, 6.07) is 9.73. The lowest BCUT2D eigenvalue weighted by Gasteiger charge is -2.77. The largest absolute Gasteiger partial charge is 0.387 e. The van der Waals surface area contributed by atoms with Crippen LogP contribution in [0.3, 0.4) is 0 Å². The number of aliphatic hydroxyl groups excluding tert-OH is 1. The molecule has 3 saturated heterocycles. The van der Waals surface area contributed by atoms with Crippen molar-refractivity contribution in [1.82, 2.24) is 15.0 Å². The summed E-state index contributed by atoms with van der Waals surface area (Å²) in [5.74, 6) is -3.10. The van der Waals surface area contributed by atoms with Crippen molar-refractivity contribution in [2.45, 2.75) is 76.8 Å². The Balaban J connectivity index is 1.38. The molecule has 40 heavy (non-hydrogen) atoms. The number of aromatic nitrogens is 3. The summed E-state index contributed by atoms with van der Waals surface area (Å²) in [6.45, 7) is 12.7. The van der Waals surface area contributed by atoms with E-state index in [9.17, 15) is 9.90 Å². The quantitative estimate of drug-likeness (QED) is 0.451. The summed E-state index contributed by atoms with van der Waals surface area (Å²) in [4.78, 5) is 14.5. The molecule has 10 atom stereocenters. The highest BCUT2D eigenvalue weighted by molar-refractivity contribution is 6.05. The first kappa shape index (κ1) is 25.1. The maximum Gasteiger partial charge on any atom is 0.213 e. The van der Waals surface area contributed by atoms with E-state index in [1.54, 1.807) is 0 Å². The van der Waals surface area contributed by atoms with Gasteiger partial charge in [-0.3, -0.25) is 4.79 Å². The van der Waals surface area contributed by atoms with Crippen molar-refractivity contribution in [3.05, 3.63) is 60.8 Å². The first-order valence-electron chi connectivity index (χ1n) is 14.7. The average molecular weight is 544 g/mol. The van der Waals surface area contributed by atoms with Crippen LogP contribution in [0.4, 0.5) is 0 Å². The van der Waals surface area contributed by atoms with Crippen LogP contribution < -0.4 is 0 Å². The van der Waals surface area contributed by atoms with Crippen LogP contribution in [0, 0.1) is 34.0 Å². The van der Waals surface area contributed by atoms with Gasteiger partial charge in [-0.25, -0.2) is 4.68 Å². The molecule has 1 unspecified atom stereocenters. The zero-order chi connectivity index (χ0) is 27.9. The molecule has 8 nitrogen and oxygen atoms in total. The third-order valence-electron chi connectivity index (χ3n) is 11.6. The number of aliphatic hydroxyl groups is 1. The highest BCUT2D eigenvalue weighted by Crippen LogP contribution is 2.80. The van der Waals surface area contributed by atoms with Crippen molar-refractivity contribution >= 4 is 5.78 Å². The number of ketones is 1. The number of hydrogen-bond acceptors (Lipinski definition) is 7. The monoisotopic (exact) mass is 543 g/mol. The van der Waals surface area contributed by atoms with Gasteiger partial charge in [0, 0.05) is 22.8 Å². The van der Waals surface area contributed by atoms with Crippen molar-refractivity contribution in [2.24, 2.45) is 34.0 Å². The van der Waals surface area contributed by atoms with Gasteiger partial charge < -0.3 is 19.3 Å². The zero-order valence-electron chi connectivity index (χ0n) is 23.5. The molecule has 9 rings (SSSR count). The maximum absolute atomic E-state index is 14.5. The molecule has 7 aliphatic rings. The molecule has 3 aliphatic heterocycles. The van der Waals surface area contributed by atoms with Crippen molar-refractivity contribution in [1.29, 1.82) is 0 Å². The predicted octanol–water partition coefficient (Wildman–Crippen LogP) is 4.48. The number of allylic oxidation sites excluding steroid dienone is 2. The molecule has 1 aromatic carbocycles. The molecule has 8 heteroatoms. The van der Waals surface area contributed by atoms with Gasteiger partial charge in [0.05, 0.1) is 24.9 Å². The first-order chi connectivity index (χ1) is 19.1. The second-order valence-corrected chi connectivity index (χ2v) is 13.6. The van der Waals surface area contributed by atoms with E-state index >= 15 is 0 Å². The molecule has 1 aromatic heterocycles. The predicted molar refractivity (Wildman–Crippen MR) is 145 cm³/mol. The number of nitrogens with zero attached hydrogens (tertiary/aromatic N) is 3. The van der Waals surface area contributed by atoms with E-state index in [1.807, 2.05) is 55.1 Å². The Morgan fingerprint density at radius 2 is 1.95 bits per heavy atom. The number of fused-ring (bicyclic) bond motifs is 1. The van der Waals surface area contributed by atoms with Crippen molar-refractivity contribution in [2.75, 3.05) is 6.61 Å². The number of benzene rings is 1. The lowest BCUT2D eigenvalue weighted by Crippen LogP contribution is -2.87. The second kappa shape index (κ2) is 7.59. The molecular formula is C32H37N3O5. The van der Waals surface area contributed by atoms with E-state index in [0.717, 1.165) is 30.5 Å². The van der Waals surface area contributed by atoms with E-state index in [4.69, 9.17) is 14.2 Å². The summed E-state index contributed by atoms with van der Waals surface area (Å²) in [6.07, 6.45) is 7.38. The number of ether oxygens (including phenoxy) is 3. The third kappa shape index (κ3) is 2.57. The van der Waals surface area contributed by atoms with Gasteiger partial charge in [-0.05, 0) is 50.0 Å². The van der Waals surface area contributed by atoms with Gasteiger partial charge in [-0.15, -0.1) is 5.10 Å².